The SMILES string of the molecule is CNc1cc(F)c(F)c2c1[nH]c1nc(Oc3cnc(CO)nc3)nc(N3C[C@H]4C[C@@H]3C[C@H]4C)c12. The van der Waals surface area contributed by atoms with Crippen LogP contribution in [0.2, 0.25) is 0 Å². The minimum Gasteiger partial charge on any atom is -0.421 e. The number of aromatic amines is 1. The van der Waals surface area contributed by atoms with Crippen molar-refractivity contribution in [2.24, 2.45) is 11.8 Å². The fourth-order valence-electron chi connectivity index (χ4n) is 5.36. The van der Waals surface area contributed by atoms with Gasteiger partial charge in [0.1, 0.15) is 18.1 Å². The molecule has 1 aromatic carbocycles. The molecule has 3 aromatic heterocycles. The number of piperidine rings is 1. The van der Waals surface area contributed by atoms with E-state index in [4.69, 9.17) is 9.84 Å². The number of ether oxygens (including phenoxy) is 1. The van der Waals surface area contributed by atoms with Crippen molar-refractivity contribution >= 4 is 33.4 Å². The molecule has 3 N–H and O–H groups in total. The number of aliphatic hydroxyl groups is 1. The zero-order valence-corrected chi connectivity index (χ0v) is 18.6. The number of rotatable bonds is 5. The normalized spacial score (nSPS) is 21.7. The molecule has 1 aliphatic heterocycles. The van der Waals surface area contributed by atoms with E-state index in [-0.39, 0.29) is 29.9 Å². The highest BCUT2D eigenvalue weighted by molar-refractivity contribution is 6.15. The fourth-order valence-corrected chi connectivity index (χ4v) is 5.36. The van der Waals surface area contributed by atoms with Crippen LogP contribution in [0.5, 0.6) is 11.8 Å². The van der Waals surface area contributed by atoms with Crippen LogP contribution in [-0.4, -0.2) is 49.7 Å². The maximum Gasteiger partial charge on any atom is 0.326 e. The van der Waals surface area contributed by atoms with Gasteiger partial charge < -0.3 is 25.0 Å². The van der Waals surface area contributed by atoms with Gasteiger partial charge in [0.2, 0.25) is 0 Å². The van der Waals surface area contributed by atoms with Crippen LogP contribution in [0.15, 0.2) is 18.5 Å². The highest BCUT2D eigenvalue weighted by Crippen LogP contribution is 2.47. The van der Waals surface area contributed by atoms with Gasteiger partial charge in [-0.2, -0.15) is 9.97 Å². The van der Waals surface area contributed by atoms with Gasteiger partial charge in [-0.05, 0) is 24.7 Å². The second-order valence-electron chi connectivity index (χ2n) is 9.01. The number of hydrogen-bond acceptors (Lipinski definition) is 8. The van der Waals surface area contributed by atoms with Crippen molar-refractivity contribution in [3.8, 4) is 11.8 Å². The summed E-state index contributed by atoms with van der Waals surface area (Å²) in [4.78, 5) is 22.5. The molecular formula is C23H23F2N7O2. The largest absolute Gasteiger partial charge is 0.421 e. The smallest absolute Gasteiger partial charge is 0.326 e. The number of H-pyrrole nitrogens is 1. The van der Waals surface area contributed by atoms with Gasteiger partial charge >= 0.3 is 6.01 Å². The van der Waals surface area contributed by atoms with E-state index in [1.165, 1.54) is 12.4 Å². The number of halogens is 2. The van der Waals surface area contributed by atoms with E-state index >= 15 is 4.39 Å². The number of nitrogens with zero attached hydrogens (tertiary/aromatic N) is 5. The molecular weight excluding hydrogens is 444 g/mol. The third kappa shape index (κ3) is 3.14. The Morgan fingerprint density at radius 1 is 1.21 bits per heavy atom. The van der Waals surface area contributed by atoms with Gasteiger partial charge in [0.15, 0.2) is 23.2 Å². The molecule has 176 valence electrons. The maximum absolute atomic E-state index is 15.1. The summed E-state index contributed by atoms with van der Waals surface area (Å²) in [5.41, 5.74) is 1.18. The minimum atomic E-state index is -0.943. The maximum atomic E-state index is 15.1. The Bertz CT molecular complexity index is 1410. The summed E-state index contributed by atoms with van der Waals surface area (Å²) in [6.45, 7) is 2.75. The van der Waals surface area contributed by atoms with Gasteiger partial charge in [0, 0.05) is 25.7 Å². The Morgan fingerprint density at radius 2 is 2.00 bits per heavy atom. The molecule has 0 spiro atoms. The molecule has 2 bridgehead atoms. The predicted molar refractivity (Wildman–Crippen MR) is 122 cm³/mol. The molecule has 11 heteroatoms. The molecule has 4 heterocycles. The monoisotopic (exact) mass is 467 g/mol. The molecule has 0 unspecified atom stereocenters. The number of anilines is 2. The van der Waals surface area contributed by atoms with Crippen LogP contribution in [-0.2, 0) is 6.61 Å². The first-order valence-electron chi connectivity index (χ1n) is 11.2. The van der Waals surface area contributed by atoms with Crippen molar-refractivity contribution in [3.05, 3.63) is 35.9 Å². The van der Waals surface area contributed by atoms with E-state index < -0.39 is 11.6 Å². The molecule has 4 aromatic rings. The summed E-state index contributed by atoms with van der Waals surface area (Å²) in [5, 5.41) is 12.6. The lowest BCUT2D eigenvalue weighted by molar-refractivity contribution is 0.270. The topological polar surface area (TPSA) is 112 Å². The lowest BCUT2D eigenvalue weighted by atomic mass is 9.97. The first-order valence-corrected chi connectivity index (χ1v) is 11.2. The molecule has 1 aliphatic carbocycles. The van der Waals surface area contributed by atoms with Crippen LogP contribution in [0.4, 0.5) is 20.3 Å². The number of aliphatic hydroxyl groups excluding tert-OH is 1. The van der Waals surface area contributed by atoms with E-state index in [9.17, 15) is 4.39 Å². The number of nitrogens with one attached hydrogen (secondary N) is 2. The molecule has 2 aliphatic rings. The summed E-state index contributed by atoms with van der Waals surface area (Å²) in [5.74, 6) is 0.335. The Morgan fingerprint density at radius 3 is 2.65 bits per heavy atom. The van der Waals surface area contributed by atoms with Gasteiger partial charge in [-0.1, -0.05) is 6.92 Å². The van der Waals surface area contributed by atoms with E-state index in [1.807, 2.05) is 0 Å². The van der Waals surface area contributed by atoms with E-state index in [1.54, 1.807) is 7.05 Å². The molecule has 0 radical (unpaired) electrons. The zero-order chi connectivity index (χ0) is 23.6. The Labute approximate surface area is 193 Å². The predicted octanol–water partition coefficient (Wildman–Crippen LogP) is 3.74. The molecule has 3 atom stereocenters. The number of benzene rings is 1. The lowest BCUT2D eigenvalue weighted by Gasteiger charge is -2.31. The average molecular weight is 467 g/mol. The fraction of sp³-hybridized carbons (Fsp3) is 0.391. The van der Waals surface area contributed by atoms with E-state index in [0.29, 0.717) is 45.6 Å². The Hall–Kier alpha value is -3.60. The van der Waals surface area contributed by atoms with Crippen LogP contribution in [0, 0.1) is 23.5 Å². The molecule has 34 heavy (non-hydrogen) atoms. The molecule has 1 saturated heterocycles. The summed E-state index contributed by atoms with van der Waals surface area (Å²) in [6, 6.07) is 1.43. The second-order valence-corrected chi connectivity index (χ2v) is 9.01. The summed E-state index contributed by atoms with van der Waals surface area (Å²) in [6.07, 6.45) is 4.90. The quantitative estimate of drug-likeness (QED) is 0.407. The third-order valence-electron chi connectivity index (χ3n) is 7.05. The van der Waals surface area contributed by atoms with Gasteiger partial charge in [-0.15, -0.1) is 0 Å². The van der Waals surface area contributed by atoms with Crippen LogP contribution >= 0.6 is 0 Å². The summed E-state index contributed by atoms with van der Waals surface area (Å²) in [7, 11) is 1.65. The van der Waals surface area contributed by atoms with E-state index in [2.05, 4.69) is 42.1 Å². The van der Waals surface area contributed by atoms with Crippen molar-refractivity contribution < 1.29 is 18.6 Å². The van der Waals surface area contributed by atoms with Crippen molar-refractivity contribution in [1.82, 2.24) is 24.9 Å². The first kappa shape index (κ1) is 21.0. The van der Waals surface area contributed by atoms with Crippen molar-refractivity contribution in [2.75, 3.05) is 23.8 Å². The average Bonchev–Trinajstić information content (AvgIpc) is 3.53. The third-order valence-corrected chi connectivity index (χ3v) is 7.05. The van der Waals surface area contributed by atoms with E-state index in [0.717, 1.165) is 25.5 Å². The van der Waals surface area contributed by atoms with Gasteiger partial charge in [0.25, 0.3) is 0 Å². The van der Waals surface area contributed by atoms with Crippen LogP contribution in [0.25, 0.3) is 21.9 Å². The van der Waals surface area contributed by atoms with Gasteiger partial charge in [0.05, 0.1) is 34.4 Å². The highest BCUT2D eigenvalue weighted by atomic mass is 19.2. The molecule has 2 fully saturated rings. The van der Waals surface area contributed by atoms with Gasteiger partial charge in [-0.3, -0.25) is 0 Å². The first-order chi connectivity index (χ1) is 16.5. The molecule has 0 amide bonds. The van der Waals surface area contributed by atoms with Crippen LogP contribution in [0.3, 0.4) is 0 Å². The van der Waals surface area contributed by atoms with Crippen LogP contribution in [0.1, 0.15) is 25.6 Å². The number of fused-ring (bicyclic) bond motifs is 5. The highest BCUT2D eigenvalue weighted by Gasteiger charge is 2.44. The zero-order valence-electron chi connectivity index (χ0n) is 18.6. The van der Waals surface area contributed by atoms with Crippen molar-refractivity contribution in [3.63, 3.8) is 0 Å². The lowest BCUT2D eigenvalue weighted by Crippen LogP contribution is -2.35. The minimum absolute atomic E-state index is 0.0390. The molecule has 6 rings (SSSR count). The van der Waals surface area contributed by atoms with Crippen LogP contribution < -0.4 is 15.0 Å². The number of aromatic nitrogens is 5. The van der Waals surface area contributed by atoms with Gasteiger partial charge in [-0.25, -0.2) is 18.7 Å². The molecule has 9 nitrogen and oxygen atoms in total. The number of hydrogen-bond donors (Lipinski definition) is 3. The second kappa shape index (κ2) is 7.73. The Kier molecular flexibility index (Phi) is 4.76. The summed E-state index contributed by atoms with van der Waals surface area (Å²) < 4.78 is 35.5. The molecule has 1 saturated carbocycles. The summed E-state index contributed by atoms with van der Waals surface area (Å²) >= 11 is 0. The van der Waals surface area contributed by atoms with Crippen molar-refractivity contribution in [2.45, 2.75) is 32.4 Å². The Balaban J connectivity index is 1.55. The van der Waals surface area contributed by atoms with Crippen molar-refractivity contribution in [1.29, 1.82) is 0 Å². The standard InChI is InChI=1S/C23H23F2N7O2/c1-10-3-12-4-11(10)8-32(12)22-18-17-19(25)14(24)5-15(26-2)20(17)29-21(18)30-23(31-22)34-13-6-27-16(9-33)28-7-13/h5-7,10-12,26,33H,3-4,8-9H2,1-2H3,(H,29,30,31)/t10-,11-,12+/m1/s1.